The standard InChI is InChI=1S/C24H35N3O5/c25-22(29)19-4-8-27(9-5-19)23(30)21-16-26(17-24(21)6-11-31-12-7-24)15-18-2-1-3-20(14-18)32-13-10-28/h1-3,14,19,21,28H,4-13,15-17H2,(H2,25,29)/t21-/m1/s1. The Hall–Kier alpha value is -2.16. The quantitative estimate of drug-likeness (QED) is 0.649. The zero-order valence-corrected chi connectivity index (χ0v) is 18.7. The molecule has 0 aromatic heterocycles. The number of aliphatic hydroxyl groups excluding tert-OH is 1. The van der Waals surface area contributed by atoms with Crippen molar-refractivity contribution in [3.05, 3.63) is 29.8 Å². The number of nitrogens with zero attached hydrogens (tertiary/aromatic N) is 2. The number of benzene rings is 1. The summed E-state index contributed by atoms with van der Waals surface area (Å²) in [7, 11) is 0. The van der Waals surface area contributed by atoms with Gasteiger partial charge in [0.2, 0.25) is 11.8 Å². The third-order valence-corrected chi connectivity index (χ3v) is 7.38. The second kappa shape index (κ2) is 10.2. The van der Waals surface area contributed by atoms with Crippen LogP contribution in [0.5, 0.6) is 5.75 Å². The molecule has 32 heavy (non-hydrogen) atoms. The summed E-state index contributed by atoms with van der Waals surface area (Å²) in [5.74, 6) is 0.552. The van der Waals surface area contributed by atoms with E-state index in [2.05, 4.69) is 11.0 Å². The Labute approximate surface area is 189 Å². The molecule has 0 unspecified atom stereocenters. The van der Waals surface area contributed by atoms with Gasteiger partial charge in [0, 0.05) is 57.3 Å². The molecule has 1 atom stereocenters. The highest BCUT2D eigenvalue weighted by Gasteiger charge is 2.51. The number of carbonyl (C=O) groups is 2. The van der Waals surface area contributed by atoms with Crippen LogP contribution in [0.1, 0.15) is 31.2 Å². The lowest BCUT2D eigenvalue weighted by Gasteiger charge is -2.40. The first kappa shape index (κ1) is 23.0. The molecule has 0 radical (unpaired) electrons. The van der Waals surface area contributed by atoms with Crippen LogP contribution in [-0.4, -0.2) is 79.3 Å². The minimum Gasteiger partial charge on any atom is -0.491 e. The van der Waals surface area contributed by atoms with Crippen LogP contribution in [0.15, 0.2) is 24.3 Å². The van der Waals surface area contributed by atoms with Crippen molar-refractivity contribution in [1.82, 2.24) is 9.80 Å². The van der Waals surface area contributed by atoms with Crippen molar-refractivity contribution in [3.63, 3.8) is 0 Å². The Kier molecular flexibility index (Phi) is 7.33. The lowest BCUT2D eigenvalue weighted by atomic mass is 9.71. The van der Waals surface area contributed by atoms with Gasteiger partial charge in [-0.05, 0) is 43.4 Å². The van der Waals surface area contributed by atoms with Crippen LogP contribution < -0.4 is 10.5 Å². The van der Waals surface area contributed by atoms with E-state index in [4.69, 9.17) is 20.3 Å². The molecule has 0 bridgehead atoms. The number of rotatable bonds is 7. The average molecular weight is 446 g/mol. The third kappa shape index (κ3) is 5.08. The summed E-state index contributed by atoms with van der Waals surface area (Å²) in [6.07, 6.45) is 3.12. The summed E-state index contributed by atoms with van der Waals surface area (Å²) in [6.45, 7) is 5.26. The molecule has 3 saturated heterocycles. The lowest BCUT2D eigenvalue weighted by Crippen LogP contribution is -2.49. The number of carbonyl (C=O) groups excluding carboxylic acids is 2. The smallest absolute Gasteiger partial charge is 0.227 e. The van der Waals surface area contributed by atoms with E-state index in [1.807, 2.05) is 23.1 Å². The van der Waals surface area contributed by atoms with Gasteiger partial charge in [0.05, 0.1) is 12.5 Å². The Morgan fingerprint density at radius 1 is 1.22 bits per heavy atom. The van der Waals surface area contributed by atoms with Gasteiger partial charge in [-0.1, -0.05) is 12.1 Å². The monoisotopic (exact) mass is 445 g/mol. The predicted molar refractivity (Wildman–Crippen MR) is 119 cm³/mol. The highest BCUT2D eigenvalue weighted by molar-refractivity contribution is 5.81. The first-order valence-electron chi connectivity index (χ1n) is 11.7. The molecule has 3 fully saturated rings. The highest BCUT2D eigenvalue weighted by Crippen LogP contribution is 2.45. The highest BCUT2D eigenvalue weighted by atomic mass is 16.5. The first-order chi connectivity index (χ1) is 15.5. The molecule has 0 aliphatic carbocycles. The van der Waals surface area contributed by atoms with Crippen LogP contribution in [0.4, 0.5) is 0 Å². The fourth-order valence-electron chi connectivity index (χ4n) is 5.58. The molecule has 3 heterocycles. The predicted octanol–water partition coefficient (Wildman–Crippen LogP) is 1.01. The number of likely N-dealkylation sites (tertiary alicyclic amines) is 2. The van der Waals surface area contributed by atoms with Crippen LogP contribution in [0, 0.1) is 17.3 Å². The number of aliphatic hydroxyl groups is 1. The molecule has 3 aliphatic rings. The van der Waals surface area contributed by atoms with Gasteiger partial charge in [0.1, 0.15) is 12.4 Å². The fourth-order valence-corrected chi connectivity index (χ4v) is 5.58. The van der Waals surface area contributed by atoms with Crippen LogP contribution in [-0.2, 0) is 20.9 Å². The molecule has 1 aromatic carbocycles. The van der Waals surface area contributed by atoms with Crippen molar-refractivity contribution in [2.24, 2.45) is 23.0 Å². The van der Waals surface area contributed by atoms with Gasteiger partial charge in [0.15, 0.2) is 0 Å². The van der Waals surface area contributed by atoms with Crippen molar-refractivity contribution < 1.29 is 24.2 Å². The third-order valence-electron chi connectivity index (χ3n) is 7.38. The lowest BCUT2D eigenvalue weighted by molar-refractivity contribution is -0.143. The summed E-state index contributed by atoms with van der Waals surface area (Å²) in [6, 6.07) is 7.95. The van der Waals surface area contributed by atoms with Gasteiger partial charge >= 0.3 is 0 Å². The van der Waals surface area contributed by atoms with Crippen molar-refractivity contribution in [1.29, 1.82) is 0 Å². The summed E-state index contributed by atoms with van der Waals surface area (Å²) in [5.41, 5.74) is 6.55. The molecular weight excluding hydrogens is 410 g/mol. The Morgan fingerprint density at radius 2 is 1.97 bits per heavy atom. The summed E-state index contributed by atoms with van der Waals surface area (Å²) < 4.78 is 11.2. The minimum atomic E-state index is -0.254. The van der Waals surface area contributed by atoms with Crippen LogP contribution in [0.2, 0.25) is 0 Å². The maximum atomic E-state index is 13.6. The zero-order valence-electron chi connectivity index (χ0n) is 18.7. The van der Waals surface area contributed by atoms with Crippen molar-refractivity contribution in [3.8, 4) is 5.75 Å². The van der Waals surface area contributed by atoms with Gasteiger partial charge in [-0.3, -0.25) is 14.5 Å². The molecule has 4 rings (SSSR count). The fraction of sp³-hybridized carbons (Fsp3) is 0.667. The topological polar surface area (TPSA) is 105 Å². The average Bonchev–Trinajstić information content (AvgIpc) is 3.14. The number of amides is 2. The van der Waals surface area contributed by atoms with E-state index in [-0.39, 0.29) is 42.3 Å². The Morgan fingerprint density at radius 3 is 2.66 bits per heavy atom. The zero-order chi connectivity index (χ0) is 22.6. The van der Waals surface area contributed by atoms with E-state index in [1.165, 1.54) is 0 Å². The maximum Gasteiger partial charge on any atom is 0.227 e. The SMILES string of the molecule is NC(=O)C1CCN(C(=O)[C@H]2CN(Cc3cccc(OCCO)c3)CC23CCOCC3)CC1. The molecule has 176 valence electrons. The molecular formula is C24H35N3O5. The normalized spacial score (nSPS) is 24.0. The number of ether oxygens (including phenoxy) is 2. The molecule has 8 nitrogen and oxygen atoms in total. The molecule has 0 saturated carbocycles. The number of piperidine rings is 1. The van der Waals surface area contributed by atoms with Crippen molar-refractivity contribution >= 4 is 11.8 Å². The number of hydrogen-bond acceptors (Lipinski definition) is 6. The van der Waals surface area contributed by atoms with E-state index in [0.717, 1.165) is 43.8 Å². The van der Waals surface area contributed by atoms with Gasteiger partial charge in [-0.2, -0.15) is 0 Å². The molecule has 2 amide bonds. The van der Waals surface area contributed by atoms with E-state index in [9.17, 15) is 9.59 Å². The van der Waals surface area contributed by atoms with Gasteiger partial charge in [0.25, 0.3) is 0 Å². The number of primary amides is 1. The summed E-state index contributed by atoms with van der Waals surface area (Å²) in [5, 5.41) is 9.00. The Bertz CT molecular complexity index is 803. The van der Waals surface area contributed by atoms with E-state index < -0.39 is 0 Å². The van der Waals surface area contributed by atoms with E-state index in [1.54, 1.807) is 0 Å². The van der Waals surface area contributed by atoms with Crippen molar-refractivity contribution in [2.45, 2.75) is 32.2 Å². The van der Waals surface area contributed by atoms with Gasteiger partial charge in [-0.15, -0.1) is 0 Å². The molecule has 8 heteroatoms. The van der Waals surface area contributed by atoms with Crippen LogP contribution in [0.25, 0.3) is 0 Å². The second-order valence-electron chi connectivity index (χ2n) is 9.42. The number of nitrogens with two attached hydrogens (primary N) is 1. The summed E-state index contributed by atoms with van der Waals surface area (Å²) >= 11 is 0. The molecule has 3 aliphatic heterocycles. The van der Waals surface area contributed by atoms with Crippen LogP contribution in [0.3, 0.4) is 0 Å². The molecule has 1 spiro atoms. The number of hydrogen-bond donors (Lipinski definition) is 2. The summed E-state index contributed by atoms with van der Waals surface area (Å²) in [4.78, 5) is 29.5. The van der Waals surface area contributed by atoms with E-state index >= 15 is 0 Å². The first-order valence-corrected chi connectivity index (χ1v) is 11.7. The van der Waals surface area contributed by atoms with Gasteiger partial charge < -0.3 is 25.2 Å². The second-order valence-corrected chi connectivity index (χ2v) is 9.42. The van der Waals surface area contributed by atoms with Crippen molar-refractivity contribution in [2.75, 3.05) is 52.6 Å². The van der Waals surface area contributed by atoms with Crippen LogP contribution >= 0.6 is 0 Å². The van der Waals surface area contributed by atoms with Gasteiger partial charge in [-0.25, -0.2) is 0 Å². The van der Waals surface area contributed by atoms with E-state index in [0.29, 0.717) is 39.1 Å². The molecule has 1 aromatic rings. The maximum absolute atomic E-state index is 13.6. The molecule has 3 N–H and O–H groups in total. The minimum absolute atomic E-state index is 0.0125. The largest absolute Gasteiger partial charge is 0.491 e. The Balaban J connectivity index is 1.45.